The van der Waals surface area contributed by atoms with Crippen LogP contribution in [0.15, 0.2) is 30.5 Å². The number of aromatic nitrogens is 2. The predicted octanol–water partition coefficient (Wildman–Crippen LogP) is 2.61. The maximum Gasteiger partial charge on any atom is 0.313 e. The van der Waals surface area contributed by atoms with E-state index in [0.717, 1.165) is 12.1 Å². The fourth-order valence-electron chi connectivity index (χ4n) is 1.54. The van der Waals surface area contributed by atoms with Crippen LogP contribution in [0.3, 0.4) is 0 Å². The van der Waals surface area contributed by atoms with E-state index < -0.39 is 23.5 Å². The molecule has 0 amide bonds. The highest BCUT2D eigenvalue weighted by Crippen LogP contribution is 2.22. The SMILES string of the molecule is CC(C(=O)O)c1nccc(-c2ccc(F)cc2F)n1. The molecule has 1 N–H and O–H groups in total. The average Bonchev–Trinajstić information content (AvgIpc) is 2.38. The number of aliphatic carboxylic acids is 1. The van der Waals surface area contributed by atoms with Crippen LogP contribution in [0.5, 0.6) is 0 Å². The molecule has 1 aromatic heterocycles. The second-order valence-electron chi connectivity index (χ2n) is 3.98. The van der Waals surface area contributed by atoms with Crippen LogP contribution in [0, 0.1) is 11.6 Å². The molecule has 0 aliphatic heterocycles. The quantitative estimate of drug-likeness (QED) is 0.925. The van der Waals surface area contributed by atoms with Gasteiger partial charge in [-0.25, -0.2) is 18.7 Å². The van der Waals surface area contributed by atoms with Gasteiger partial charge in [0.05, 0.1) is 5.69 Å². The van der Waals surface area contributed by atoms with Crippen LogP contribution in [0.25, 0.3) is 11.3 Å². The first kappa shape index (κ1) is 13.1. The summed E-state index contributed by atoms with van der Waals surface area (Å²) >= 11 is 0. The van der Waals surface area contributed by atoms with E-state index in [1.807, 2.05) is 0 Å². The zero-order chi connectivity index (χ0) is 14.0. The molecule has 0 bridgehead atoms. The van der Waals surface area contributed by atoms with Crippen molar-refractivity contribution in [3.8, 4) is 11.3 Å². The van der Waals surface area contributed by atoms with Crippen molar-refractivity contribution in [3.05, 3.63) is 47.9 Å². The highest BCUT2D eigenvalue weighted by molar-refractivity contribution is 5.74. The molecule has 0 aliphatic carbocycles. The van der Waals surface area contributed by atoms with Gasteiger partial charge in [0.1, 0.15) is 23.4 Å². The lowest BCUT2D eigenvalue weighted by molar-refractivity contribution is -0.138. The van der Waals surface area contributed by atoms with E-state index in [1.165, 1.54) is 25.3 Å². The van der Waals surface area contributed by atoms with Crippen LogP contribution in [0.1, 0.15) is 18.7 Å². The summed E-state index contributed by atoms with van der Waals surface area (Å²) in [6.45, 7) is 1.43. The molecule has 0 radical (unpaired) electrons. The van der Waals surface area contributed by atoms with Gasteiger partial charge < -0.3 is 5.11 Å². The molecular weight excluding hydrogens is 254 g/mol. The average molecular weight is 264 g/mol. The van der Waals surface area contributed by atoms with E-state index in [9.17, 15) is 13.6 Å². The molecule has 1 unspecified atom stereocenters. The Morgan fingerprint density at radius 3 is 2.68 bits per heavy atom. The third-order valence-electron chi connectivity index (χ3n) is 2.64. The molecule has 98 valence electrons. The number of rotatable bonds is 3. The number of halogens is 2. The minimum Gasteiger partial charge on any atom is -0.481 e. The minimum atomic E-state index is -1.07. The van der Waals surface area contributed by atoms with Crippen LogP contribution < -0.4 is 0 Å². The summed E-state index contributed by atoms with van der Waals surface area (Å²) in [6, 6.07) is 4.55. The monoisotopic (exact) mass is 264 g/mol. The summed E-state index contributed by atoms with van der Waals surface area (Å²) in [5, 5.41) is 8.88. The van der Waals surface area contributed by atoms with Crippen molar-refractivity contribution in [2.24, 2.45) is 0 Å². The van der Waals surface area contributed by atoms with Crippen molar-refractivity contribution in [1.82, 2.24) is 9.97 Å². The molecule has 0 saturated heterocycles. The van der Waals surface area contributed by atoms with Gasteiger partial charge in [-0.3, -0.25) is 4.79 Å². The number of carboxylic acid groups (broad SMARTS) is 1. The lowest BCUT2D eigenvalue weighted by Gasteiger charge is -2.07. The Kier molecular flexibility index (Phi) is 3.50. The maximum absolute atomic E-state index is 13.6. The smallest absolute Gasteiger partial charge is 0.313 e. The first-order chi connectivity index (χ1) is 8.99. The van der Waals surface area contributed by atoms with Gasteiger partial charge in [0.15, 0.2) is 0 Å². The largest absolute Gasteiger partial charge is 0.481 e. The summed E-state index contributed by atoms with van der Waals surface area (Å²) < 4.78 is 26.4. The zero-order valence-electron chi connectivity index (χ0n) is 9.97. The second kappa shape index (κ2) is 5.09. The number of hydrogen-bond acceptors (Lipinski definition) is 3. The Morgan fingerprint density at radius 1 is 1.32 bits per heavy atom. The molecule has 0 aliphatic rings. The molecule has 6 heteroatoms. The summed E-state index contributed by atoms with van der Waals surface area (Å²) in [6.07, 6.45) is 1.35. The number of nitrogens with zero attached hydrogens (tertiary/aromatic N) is 2. The van der Waals surface area contributed by atoms with Crippen molar-refractivity contribution in [3.63, 3.8) is 0 Å². The molecule has 0 spiro atoms. The van der Waals surface area contributed by atoms with Gasteiger partial charge in [-0.15, -0.1) is 0 Å². The van der Waals surface area contributed by atoms with E-state index in [1.54, 1.807) is 0 Å². The van der Waals surface area contributed by atoms with Gasteiger partial charge in [0.2, 0.25) is 0 Å². The van der Waals surface area contributed by atoms with Crippen molar-refractivity contribution in [2.75, 3.05) is 0 Å². The molecule has 4 nitrogen and oxygen atoms in total. The molecule has 2 aromatic rings. The molecule has 1 heterocycles. The maximum atomic E-state index is 13.6. The molecule has 1 aromatic carbocycles. The first-order valence-corrected chi connectivity index (χ1v) is 5.50. The van der Waals surface area contributed by atoms with E-state index in [4.69, 9.17) is 5.11 Å². The van der Waals surface area contributed by atoms with Gasteiger partial charge in [0, 0.05) is 17.8 Å². The van der Waals surface area contributed by atoms with E-state index in [-0.39, 0.29) is 17.1 Å². The fraction of sp³-hybridized carbons (Fsp3) is 0.154. The van der Waals surface area contributed by atoms with Crippen LogP contribution >= 0.6 is 0 Å². The summed E-state index contributed by atoms with van der Waals surface area (Å²) in [5.41, 5.74) is 0.318. The normalized spacial score (nSPS) is 12.2. The zero-order valence-corrected chi connectivity index (χ0v) is 9.97. The van der Waals surface area contributed by atoms with Crippen LogP contribution in [-0.4, -0.2) is 21.0 Å². The Balaban J connectivity index is 2.46. The predicted molar refractivity (Wildman–Crippen MR) is 63.4 cm³/mol. The summed E-state index contributed by atoms with van der Waals surface area (Å²) in [4.78, 5) is 18.7. The van der Waals surface area contributed by atoms with Gasteiger partial charge in [-0.1, -0.05) is 0 Å². The van der Waals surface area contributed by atoms with Crippen LogP contribution in [0.2, 0.25) is 0 Å². The van der Waals surface area contributed by atoms with Crippen molar-refractivity contribution >= 4 is 5.97 Å². The lowest BCUT2D eigenvalue weighted by Crippen LogP contribution is -2.11. The Hall–Kier alpha value is -2.37. The topological polar surface area (TPSA) is 63.1 Å². The number of carbonyl (C=O) groups is 1. The fourth-order valence-corrected chi connectivity index (χ4v) is 1.54. The standard InChI is InChI=1S/C13H10F2N2O2/c1-7(13(18)19)12-16-5-4-11(17-12)9-3-2-8(14)6-10(9)15/h2-7H,1H3,(H,18,19). The van der Waals surface area contributed by atoms with Gasteiger partial charge >= 0.3 is 5.97 Å². The van der Waals surface area contributed by atoms with Crippen LogP contribution in [0.4, 0.5) is 8.78 Å². The second-order valence-corrected chi connectivity index (χ2v) is 3.98. The van der Waals surface area contributed by atoms with Crippen molar-refractivity contribution in [1.29, 1.82) is 0 Å². The highest BCUT2D eigenvalue weighted by Gasteiger charge is 2.18. The summed E-state index contributed by atoms with van der Waals surface area (Å²) in [7, 11) is 0. The Bertz CT molecular complexity index is 632. The van der Waals surface area contributed by atoms with Crippen molar-refractivity contribution in [2.45, 2.75) is 12.8 Å². The van der Waals surface area contributed by atoms with Gasteiger partial charge in [-0.2, -0.15) is 0 Å². The molecule has 0 fully saturated rings. The molecule has 1 atom stereocenters. The van der Waals surface area contributed by atoms with E-state index in [2.05, 4.69) is 9.97 Å². The number of carboxylic acids is 1. The summed E-state index contributed by atoms with van der Waals surface area (Å²) in [5.74, 6) is -3.34. The third-order valence-corrected chi connectivity index (χ3v) is 2.64. The first-order valence-electron chi connectivity index (χ1n) is 5.50. The van der Waals surface area contributed by atoms with Gasteiger partial charge in [0.25, 0.3) is 0 Å². The molecule has 0 saturated carbocycles. The molecule has 2 rings (SSSR count). The van der Waals surface area contributed by atoms with Crippen molar-refractivity contribution < 1.29 is 18.7 Å². The van der Waals surface area contributed by atoms with Crippen LogP contribution in [-0.2, 0) is 4.79 Å². The van der Waals surface area contributed by atoms with Gasteiger partial charge in [-0.05, 0) is 25.1 Å². The molecular formula is C13H10F2N2O2. The minimum absolute atomic E-state index is 0.0775. The lowest BCUT2D eigenvalue weighted by atomic mass is 10.1. The third kappa shape index (κ3) is 2.73. The van der Waals surface area contributed by atoms with E-state index >= 15 is 0 Å². The Labute approximate surface area is 107 Å². The number of hydrogen-bond donors (Lipinski definition) is 1. The molecule has 19 heavy (non-hydrogen) atoms. The van der Waals surface area contributed by atoms with E-state index in [0.29, 0.717) is 0 Å². The highest BCUT2D eigenvalue weighted by atomic mass is 19.1. The number of benzene rings is 1. The Morgan fingerprint density at radius 2 is 2.05 bits per heavy atom.